The molecule has 108 valence electrons. The summed E-state index contributed by atoms with van der Waals surface area (Å²) in [4.78, 5) is 0. The van der Waals surface area contributed by atoms with Gasteiger partial charge in [0.2, 0.25) is 0 Å². The lowest BCUT2D eigenvalue weighted by molar-refractivity contribution is 0.462. The minimum Gasteiger partial charge on any atom is -0.341 e. The average molecular weight is 300 g/mol. The van der Waals surface area contributed by atoms with Crippen molar-refractivity contribution in [3.05, 3.63) is 53.4 Å². The average Bonchev–Trinajstić information content (AvgIpc) is 3.20. The van der Waals surface area contributed by atoms with Gasteiger partial charge in [0.1, 0.15) is 0 Å². The molecule has 0 N–H and O–H groups in total. The number of benzene rings is 1. The lowest BCUT2D eigenvalue weighted by Gasteiger charge is -2.09. The van der Waals surface area contributed by atoms with Crippen LogP contribution >= 0.6 is 11.6 Å². The van der Waals surface area contributed by atoms with Crippen LogP contribution in [0.3, 0.4) is 0 Å². The van der Waals surface area contributed by atoms with Gasteiger partial charge in [0.15, 0.2) is 0 Å². The fourth-order valence-electron chi connectivity index (χ4n) is 3.30. The second kappa shape index (κ2) is 5.23. The molecule has 1 fully saturated rings. The normalized spacial score (nSPS) is 16.0. The van der Waals surface area contributed by atoms with E-state index >= 15 is 0 Å². The highest BCUT2D eigenvalue weighted by atomic mass is 35.5. The highest BCUT2D eigenvalue weighted by Gasteiger charge is 2.17. The van der Waals surface area contributed by atoms with Gasteiger partial charge < -0.3 is 4.57 Å². The molecule has 1 aliphatic rings. The van der Waals surface area contributed by atoms with Crippen molar-refractivity contribution in [1.29, 1.82) is 0 Å². The van der Waals surface area contributed by atoms with Crippen molar-refractivity contribution in [2.45, 2.75) is 38.3 Å². The zero-order valence-corrected chi connectivity index (χ0v) is 12.6. The summed E-state index contributed by atoms with van der Waals surface area (Å²) >= 11 is 6.11. The van der Waals surface area contributed by atoms with Gasteiger partial charge in [-0.2, -0.15) is 5.10 Å². The van der Waals surface area contributed by atoms with Crippen LogP contribution in [-0.4, -0.2) is 14.3 Å². The van der Waals surface area contributed by atoms with Gasteiger partial charge in [-0.1, -0.05) is 30.5 Å². The first kappa shape index (κ1) is 13.0. The standard InChI is InChI=1S/C17H18ClN3/c18-14-6-5-13-7-9-20(17(13)11-14)12-15-8-10-21(19-15)16-3-1-2-4-16/h5-11,16H,1-4,12H2. The Morgan fingerprint density at radius 3 is 2.81 bits per heavy atom. The van der Waals surface area contributed by atoms with Crippen LogP contribution in [0, 0.1) is 0 Å². The summed E-state index contributed by atoms with van der Waals surface area (Å²) in [7, 11) is 0. The molecule has 0 bridgehead atoms. The van der Waals surface area contributed by atoms with Crippen LogP contribution in [0.25, 0.3) is 10.9 Å². The molecule has 21 heavy (non-hydrogen) atoms. The third-order valence-corrected chi connectivity index (χ3v) is 4.67. The van der Waals surface area contributed by atoms with Crippen LogP contribution in [0.4, 0.5) is 0 Å². The number of hydrogen-bond acceptors (Lipinski definition) is 1. The number of aromatic nitrogens is 3. The Morgan fingerprint density at radius 1 is 1.10 bits per heavy atom. The molecule has 4 heteroatoms. The smallest absolute Gasteiger partial charge is 0.0821 e. The highest BCUT2D eigenvalue weighted by Crippen LogP contribution is 2.29. The van der Waals surface area contributed by atoms with E-state index in [-0.39, 0.29) is 0 Å². The van der Waals surface area contributed by atoms with Crippen LogP contribution in [0.5, 0.6) is 0 Å². The number of fused-ring (bicyclic) bond motifs is 1. The first-order valence-electron chi connectivity index (χ1n) is 7.58. The molecule has 0 spiro atoms. The molecule has 1 aromatic carbocycles. The highest BCUT2D eigenvalue weighted by molar-refractivity contribution is 6.31. The largest absolute Gasteiger partial charge is 0.341 e. The summed E-state index contributed by atoms with van der Waals surface area (Å²) in [6.07, 6.45) is 9.44. The van der Waals surface area contributed by atoms with E-state index in [2.05, 4.69) is 39.8 Å². The van der Waals surface area contributed by atoms with Gasteiger partial charge in [-0.3, -0.25) is 4.68 Å². The lowest BCUT2D eigenvalue weighted by Crippen LogP contribution is -2.06. The molecule has 0 radical (unpaired) electrons. The summed E-state index contributed by atoms with van der Waals surface area (Å²) < 4.78 is 4.36. The number of hydrogen-bond donors (Lipinski definition) is 0. The molecule has 0 unspecified atom stereocenters. The molecular weight excluding hydrogens is 282 g/mol. The van der Waals surface area contributed by atoms with Gasteiger partial charge >= 0.3 is 0 Å². The molecule has 1 saturated carbocycles. The molecule has 3 nitrogen and oxygen atoms in total. The predicted molar refractivity (Wildman–Crippen MR) is 85.8 cm³/mol. The van der Waals surface area contributed by atoms with E-state index in [0.29, 0.717) is 6.04 Å². The lowest BCUT2D eigenvalue weighted by atomic mass is 10.2. The van der Waals surface area contributed by atoms with Gasteiger partial charge in [0.05, 0.1) is 18.3 Å². The first-order chi connectivity index (χ1) is 10.3. The molecule has 2 aromatic heterocycles. The number of nitrogens with zero attached hydrogens (tertiary/aromatic N) is 3. The van der Waals surface area contributed by atoms with Crippen LogP contribution in [0.15, 0.2) is 42.7 Å². The number of halogens is 1. The van der Waals surface area contributed by atoms with Gasteiger partial charge in [0, 0.05) is 22.9 Å². The van der Waals surface area contributed by atoms with E-state index in [4.69, 9.17) is 16.7 Å². The minimum atomic E-state index is 0.606. The van der Waals surface area contributed by atoms with E-state index in [1.807, 2.05) is 12.1 Å². The Kier molecular flexibility index (Phi) is 3.23. The molecule has 0 saturated heterocycles. The fourth-order valence-corrected chi connectivity index (χ4v) is 3.47. The maximum Gasteiger partial charge on any atom is 0.0821 e. The summed E-state index contributed by atoms with van der Waals surface area (Å²) in [5.74, 6) is 0. The van der Waals surface area contributed by atoms with E-state index < -0.39 is 0 Å². The van der Waals surface area contributed by atoms with Gasteiger partial charge in [-0.05, 0) is 42.5 Å². The second-order valence-corrected chi connectivity index (χ2v) is 6.31. The van der Waals surface area contributed by atoms with E-state index in [1.165, 1.54) is 31.1 Å². The SMILES string of the molecule is Clc1ccc2ccn(Cc3ccn(C4CCCC4)n3)c2c1. The van der Waals surface area contributed by atoms with Crippen molar-refractivity contribution in [2.24, 2.45) is 0 Å². The Bertz CT molecular complexity index is 765. The third kappa shape index (κ3) is 2.46. The van der Waals surface area contributed by atoms with Crippen molar-refractivity contribution >= 4 is 22.5 Å². The fraction of sp³-hybridized carbons (Fsp3) is 0.353. The zero-order chi connectivity index (χ0) is 14.2. The predicted octanol–water partition coefficient (Wildman–Crippen LogP) is 4.65. The third-order valence-electron chi connectivity index (χ3n) is 4.43. The molecule has 1 aliphatic carbocycles. The van der Waals surface area contributed by atoms with Crippen molar-refractivity contribution in [3.8, 4) is 0 Å². The summed E-state index contributed by atoms with van der Waals surface area (Å²) in [5.41, 5.74) is 2.28. The van der Waals surface area contributed by atoms with E-state index in [9.17, 15) is 0 Å². The van der Waals surface area contributed by atoms with Crippen LogP contribution in [0.1, 0.15) is 37.4 Å². The second-order valence-electron chi connectivity index (χ2n) is 5.87. The van der Waals surface area contributed by atoms with Crippen molar-refractivity contribution in [1.82, 2.24) is 14.3 Å². The quantitative estimate of drug-likeness (QED) is 0.690. The van der Waals surface area contributed by atoms with Gasteiger partial charge in [0.25, 0.3) is 0 Å². The molecule has 3 aromatic rings. The van der Waals surface area contributed by atoms with Crippen molar-refractivity contribution in [2.75, 3.05) is 0 Å². The zero-order valence-electron chi connectivity index (χ0n) is 11.9. The van der Waals surface area contributed by atoms with Crippen LogP contribution in [-0.2, 0) is 6.54 Å². The van der Waals surface area contributed by atoms with Crippen LogP contribution in [0.2, 0.25) is 5.02 Å². The molecule has 0 aliphatic heterocycles. The Morgan fingerprint density at radius 2 is 1.95 bits per heavy atom. The van der Waals surface area contributed by atoms with Crippen molar-refractivity contribution < 1.29 is 0 Å². The summed E-state index contributed by atoms with van der Waals surface area (Å²) in [6.45, 7) is 0.795. The molecule has 0 amide bonds. The summed E-state index contributed by atoms with van der Waals surface area (Å²) in [6, 6.07) is 10.9. The topological polar surface area (TPSA) is 22.8 Å². The number of rotatable bonds is 3. The van der Waals surface area contributed by atoms with E-state index in [1.54, 1.807) is 0 Å². The minimum absolute atomic E-state index is 0.606. The maximum absolute atomic E-state index is 6.11. The Balaban J connectivity index is 1.61. The Hall–Kier alpha value is -1.74. The van der Waals surface area contributed by atoms with E-state index in [0.717, 1.165) is 22.8 Å². The first-order valence-corrected chi connectivity index (χ1v) is 7.96. The molecule has 0 atom stereocenters. The van der Waals surface area contributed by atoms with Gasteiger partial charge in [-0.15, -0.1) is 0 Å². The molecular formula is C17H18ClN3. The van der Waals surface area contributed by atoms with Crippen LogP contribution < -0.4 is 0 Å². The molecule has 2 heterocycles. The van der Waals surface area contributed by atoms with Gasteiger partial charge in [-0.25, -0.2) is 0 Å². The monoisotopic (exact) mass is 299 g/mol. The summed E-state index contributed by atoms with van der Waals surface area (Å²) in [5, 5.41) is 6.75. The van der Waals surface area contributed by atoms with Crippen molar-refractivity contribution in [3.63, 3.8) is 0 Å². The Labute approximate surface area is 129 Å². The maximum atomic E-state index is 6.11. The molecule has 4 rings (SSSR count).